The molecule has 0 amide bonds. The number of methoxy groups -OCH3 is 1. The number of ether oxygens (including phenoxy) is 2. The number of nitrogens with zero attached hydrogens (tertiary/aromatic N) is 9. The van der Waals surface area contributed by atoms with Gasteiger partial charge in [-0.15, -0.1) is 20.5 Å². The van der Waals surface area contributed by atoms with Gasteiger partial charge in [0.1, 0.15) is 39.1 Å². The van der Waals surface area contributed by atoms with Crippen molar-refractivity contribution in [2.75, 3.05) is 25.2 Å². The number of hydrogen-bond donors (Lipinski definition) is 4. The number of aromatic hydroxyl groups is 1. The zero-order chi connectivity index (χ0) is 48.4. The third-order valence-electron chi connectivity index (χ3n) is 9.77. The minimum Gasteiger partial charge on any atom is -0.505 e. The van der Waals surface area contributed by atoms with Crippen LogP contribution in [0.25, 0.3) is 10.8 Å². The predicted octanol–water partition coefficient (Wildman–Crippen LogP) is 12.2. The van der Waals surface area contributed by atoms with Gasteiger partial charge in [-0.3, -0.25) is 9.11 Å². The van der Waals surface area contributed by atoms with E-state index in [4.69, 9.17) is 19.8 Å². The molecule has 0 spiro atoms. The summed E-state index contributed by atoms with van der Waals surface area (Å²) in [7, 11) is -7.33. The highest BCUT2D eigenvalue weighted by atomic mass is 32.2. The average molecular weight is 956 g/mol. The minimum absolute atomic E-state index is 0.0443. The van der Waals surface area contributed by atoms with Crippen LogP contribution in [0, 0.1) is 6.92 Å². The molecule has 0 atom stereocenters. The summed E-state index contributed by atoms with van der Waals surface area (Å²) in [6, 6.07) is 35.2. The van der Waals surface area contributed by atoms with Crippen molar-refractivity contribution in [3.8, 4) is 17.2 Å². The number of carbonyl (C=O) groups excluding carboxylic acids is 1. The fraction of sp³-hybridized carbons (Fsp3) is 0.109. The van der Waals surface area contributed by atoms with Gasteiger partial charge in [-0.1, -0.05) is 22.8 Å². The van der Waals surface area contributed by atoms with E-state index in [1.807, 2.05) is 6.08 Å². The van der Waals surface area contributed by atoms with Crippen molar-refractivity contribution in [1.29, 1.82) is 0 Å². The molecular formula is C46H39N10O10S2+. The van der Waals surface area contributed by atoms with Gasteiger partial charge in [-0.25, -0.2) is 0 Å². The van der Waals surface area contributed by atoms with Crippen molar-refractivity contribution in [3.05, 3.63) is 139 Å². The van der Waals surface area contributed by atoms with Crippen LogP contribution >= 0.6 is 0 Å². The number of azo groups is 4. The molecule has 22 heteroatoms. The monoisotopic (exact) mass is 955 g/mol. The highest BCUT2D eigenvalue weighted by Crippen LogP contribution is 2.40. The van der Waals surface area contributed by atoms with E-state index >= 15 is 0 Å². The molecule has 7 aromatic carbocycles. The molecule has 0 aliphatic heterocycles. The Morgan fingerprint density at radius 1 is 0.618 bits per heavy atom. The quantitative estimate of drug-likeness (QED) is 0.0126. The summed E-state index contributed by atoms with van der Waals surface area (Å²) in [6.45, 7) is 1.67. The summed E-state index contributed by atoms with van der Waals surface area (Å²) in [5.41, 5.74) is 10.5. The Labute approximate surface area is 388 Å². The lowest BCUT2D eigenvalue weighted by molar-refractivity contribution is 0.317. The lowest BCUT2D eigenvalue weighted by atomic mass is 10.1. The van der Waals surface area contributed by atoms with Gasteiger partial charge < -0.3 is 20.3 Å². The fourth-order valence-corrected chi connectivity index (χ4v) is 7.51. The number of nitrogen functional groups attached to an aromatic ring is 1. The molecule has 0 unspecified atom stereocenters. The van der Waals surface area contributed by atoms with Gasteiger partial charge in [0.25, 0.3) is 20.2 Å². The molecule has 5 N–H and O–H groups in total. The van der Waals surface area contributed by atoms with Crippen LogP contribution in [0.5, 0.6) is 17.2 Å². The molecule has 0 aromatic heterocycles. The largest absolute Gasteiger partial charge is 0.505 e. The molecular weight excluding hydrogens is 917 g/mol. The summed E-state index contributed by atoms with van der Waals surface area (Å²) in [5.74, 6) is -0.169. The van der Waals surface area contributed by atoms with Gasteiger partial charge in [-0.2, -0.15) is 42.1 Å². The van der Waals surface area contributed by atoms with Crippen molar-refractivity contribution >= 4 is 99.6 Å². The zero-order valence-corrected chi connectivity index (χ0v) is 37.6. The first-order chi connectivity index (χ1) is 32.6. The van der Waals surface area contributed by atoms with Crippen molar-refractivity contribution in [2.45, 2.75) is 18.2 Å². The van der Waals surface area contributed by atoms with Gasteiger partial charge in [0, 0.05) is 47.5 Å². The van der Waals surface area contributed by atoms with E-state index in [0.29, 0.717) is 61.9 Å². The van der Waals surface area contributed by atoms with E-state index in [9.17, 15) is 31.3 Å². The lowest BCUT2D eigenvalue weighted by Gasteiger charge is -2.09. The molecule has 20 nitrogen and oxygen atoms in total. The number of nitrogens with two attached hydrogens (primary N) is 1. The Hall–Kier alpha value is -8.40. The maximum atomic E-state index is 11.9. The average Bonchev–Trinajstić information content (AvgIpc) is 3.32. The lowest BCUT2D eigenvalue weighted by Crippen LogP contribution is -2.08. The molecule has 68 heavy (non-hydrogen) atoms. The number of aryl methyl sites for hydroxylation is 1. The van der Waals surface area contributed by atoms with Gasteiger partial charge in [0.15, 0.2) is 5.75 Å². The summed E-state index contributed by atoms with van der Waals surface area (Å²) < 4.78 is 77.4. The maximum absolute atomic E-state index is 11.9. The predicted molar refractivity (Wildman–Crippen MR) is 254 cm³/mol. The highest BCUT2D eigenvalue weighted by molar-refractivity contribution is 7.86. The van der Waals surface area contributed by atoms with Crippen molar-refractivity contribution in [1.82, 2.24) is 4.58 Å². The number of benzene rings is 7. The van der Waals surface area contributed by atoms with E-state index in [1.54, 1.807) is 97.9 Å². The molecule has 0 saturated carbocycles. The van der Waals surface area contributed by atoms with Crippen LogP contribution in [0.3, 0.4) is 0 Å². The minimum atomic E-state index is -4.57. The van der Waals surface area contributed by atoms with Crippen molar-refractivity contribution < 1.29 is 45.3 Å². The topological polar surface area (TPSA) is 292 Å². The Bertz CT molecular complexity index is 3450. The number of phenolic OH excluding ortho intramolecular Hbond substituents is 1. The number of hydrogen-bond acceptors (Lipinski definition) is 17. The van der Waals surface area contributed by atoms with Crippen LogP contribution in [0.2, 0.25) is 0 Å². The molecule has 0 aliphatic rings. The second kappa shape index (κ2) is 20.8. The van der Waals surface area contributed by atoms with Crippen LogP contribution in [0.4, 0.5) is 62.6 Å². The van der Waals surface area contributed by atoms with Crippen molar-refractivity contribution in [3.63, 3.8) is 0 Å². The summed E-state index contributed by atoms with van der Waals surface area (Å²) in [4.78, 5) is 11.4. The van der Waals surface area contributed by atoms with Crippen LogP contribution in [0.1, 0.15) is 12.0 Å². The molecule has 0 fully saturated rings. The number of isocyanates is 1. The Morgan fingerprint density at radius 2 is 1.18 bits per heavy atom. The van der Waals surface area contributed by atoms with E-state index in [0.717, 1.165) is 0 Å². The first-order valence-corrected chi connectivity index (χ1v) is 23.2. The molecule has 0 bridgehead atoms. The van der Waals surface area contributed by atoms with Crippen LogP contribution < -0.4 is 19.8 Å². The van der Waals surface area contributed by atoms with Gasteiger partial charge in [0.2, 0.25) is 11.4 Å². The summed E-state index contributed by atoms with van der Waals surface area (Å²) in [6.07, 6.45) is 1.88. The summed E-state index contributed by atoms with van der Waals surface area (Å²) in [5, 5.41) is 46.3. The van der Waals surface area contributed by atoms with E-state index in [1.165, 1.54) is 54.1 Å². The van der Waals surface area contributed by atoms with E-state index < -0.39 is 30.9 Å². The van der Waals surface area contributed by atoms with Crippen LogP contribution in [-0.2, 0) is 25.0 Å². The van der Waals surface area contributed by atoms with Gasteiger partial charge in [0.05, 0.1) is 42.2 Å². The second-order valence-corrected chi connectivity index (χ2v) is 17.5. The first-order valence-electron chi connectivity index (χ1n) is 20.1. The number of phenols is 1. The Kier molecular flexibility index (Phi) is 14.6. The SMILES string of the molecule is COc1cc(N=Nc2ccc(N=Nc3ccc(N=Nc4ccccc4S(=O)(=O)O)cc3OCCCS(=O)(=O)O)c(C)c2)ccc1N=Nc1ccc2cc([N+](=C=O)c3ccc(N)cc3)ccc2c1O. The zero-order valence-electron chi connectivity index (χ0n) is 35.9. The summed E-state index contributed by atoms with van der Waals surface area (Å²) >= 11 is 0. The number of fused-ring (bicyclic) bond motifs is 1. The normalized spacial score (nSPS) is 12.1. The van der Waals surface area contributed by atoms with Crippen LogP contribution in [-0.4, -0.2) is 56.6 Å². The first kappa shape index (κ1) is 47.6. The fourth-order valence-electron chi connectivity index (χ4n) is 6.40. The molecule has 0 radical (unpaired) electrons. The number of anilines is 1. The number of rotatable bonds is 17. The Morgan fingerprint density at radius 3 is 1.82 bits per heavy atom. The molecule has 7 rings (SSSR count). The molecule has 0 saturated heterocycles. The molecule has 344 valence electrons. The van der Waals surface area contributed by atoms with Crippen molar-refractivity contribution in [2.24, 2.45) is 40.9 Å². The Balaban J connectivity index is 1.04. The third kappa shape index (κ3) is 12.1. The molecule has 0 aliphatic carbocycles. The smallest absolute Gasteiger partial charge is 0.437 e. The maximum Gasteiger partial charge on any atom is 0.437 e. The van der Waals surface area contributed by atoms with Gasteiger partial charge >= 0.3 is 6.08 Å². The second-order valence-electron chi connectivity index (χ2n) is 14.6. The van der Waals surface area contributed by atoms with Crippen LogP contribution in [0.15, 0.2) is 179 Å². The molecule has 0 heterocycles. The highest BCUT2D eigenvalue weighted by Gasteiger charge is 2.18. The third-order valence-corrected chi connectivity index (χ3v) is 11.5. The van der Waals surface area contributed by atoms with E-state index in [-0.39, 0.29) is 47.3 Å². The van der Waals surface area contributed by atoms with E-state index in [2.05, 4.69) is 40.9 Å². The van der Waals surface area contributed by atoms with Gasteiger partial charge in [-0.05, 0) is 103 Å². The standard InChI is InChI=1S/C46H38N10O10S2/c1-29-24-32(11-19-38(29)51-53-40-21-13-34(27-44(40)66-22-5-23-67(59,60)61)50-54-41-6-3-4-7-45(41)68(62,63)64)48-49-33-12-20-39(43(26-33)65-2)52-55-42-18-8-30-25-36(16-17-37(30)46(42)58)56(28-57)35-14-9-31(47)10-15-35/h3-4,6-21,24-27H,5,22-23,47H2,1-2H3,(H2-,48,52,53,54,58,59,60,61,62,63,64)/p+1. The molecule has 7 aromatic rings.